The lowest BCUT2D eigenvalue weighted by atomic mass is 10.0. The number of nitrogens with zero attached hydrogens (tertiary/aromatic N) is 1. The van der Waals surface area contributed by atoms with Crippen LogP contribution in [0.2, 0.25) is 0 Å². The summed E-state index contributed by atoms with van der Waals surface area (Å²) in [6.07, 6.45) is 11.5. The van der Waals surface area contributed by atoms with E-state index in [1.165, 1.54) is 64.5 Å². The molecule has 0 spiro atoms. The van der Waals surface area contributed by atoms with Crippen LogP contribution in [0.1, 0.15) is 72.1 Å². The molecule has 0 aromatic carbocycles. The largest absolute Gasteiger partial charge is 0.298 e. The van der Waals surface area contributed by atoms with Crippen LogP contribution in [0.4, 0.5) is 0 Å². The van der Waals surface area contributed by atoms with Crippen LogP contribution in [-0.2, 0) is 0 Å². The lowest BCUT2D eigenvalue weighted by molar-refractivity contribution is 0.131. The Morgan fingerprint density at radius 2 is 0.933 bits per heavy atom. The first kappa shape index (κ1) is 13.0. The van der Waals surface area contributed by atoms with Crippen LogP contribution >= 0.6 is 0 Å². The van der Waals surface area contributed by atoms with Gasteiger partial charge in [0.2, 0.25) is 0 Å². The van der Waals surface area contributed by atoms with Gasteiger partial charge < -0.3 is 0 Å². The molecule has 1 rings (SSSR count). The van der Waals surface area contributed by atoms with Crippen LogP contribution in [0.15, 0.2) is 0 Å². The minimum absolute atomic E-state index is 0.369. The first-order valence-corrected chi connectivity index (χ1v) is 6.86. The van der Waals surface area contributed by atoms with E-state index in [9.17, 15) is 0 Å². The van der Waals surface area contributed by atoms with Crippen LogP contribution in [0.25, 0.3) is 0 Å². The van der Waals surface area contributed by atoms with Gasteiger partial charge in [0.15, 0.2) is 0 Å². The Bertz CT molecular complexity index is 145. The second-order valence-electron chi connectivity index (χ2n) is 5.99. The van der Waals surface area contributed by atoms with Crippen molar-refractivity contribution in [2.24, 2.45) is 0 Å². The molecule has 90 valence electrons. The molecule has 0 atom stereocenters. The molecule has 1 aliphatic heterocycles. The molecule has 0 aliphatic carbocycles. The summed E-state index contributed by atoms with van der Waals surface area (Å²) in [5.74, 6) is 0. The normalized spacial score (nSPS) is 23.4. The van der Waals surface area contributed by atoms with E-state index in [0.29, 0.717) is 5.54 Å². The Labute approximate surface area is 96.2 Å². The van der Waals surface area contributed by atoms with Crippen molar-refractivity contribution in [3.8, 4) is 0 Å². The van der Waals surface area contributed by atoms with E-state index in [1.54, 1.807) is 0 Å². The van der Waals surface area contributed by atoms with Gasteiger partial charge >= 0.3 is 0 Å². The van der Waals surface area contributed by atoms with Crippen molar-refractivity contribution in [3.05, 3.63) is 0 Å². The van der Waals surface area contributed by atoms with Crippen molar-refractivity contribution >= 4 is 0 Å². The molecule has 1 nitrogen and oxygen atoms in total. The Kier molecular flexibility index (Phi) is 5.66. The van der Waals surface area contributed by atoms with Crippen LogP contribution in [0, 0.1) is 0 Å². The summed E-state index contributed by atoms with van der Waals surface area (Å²) < 4.78 is 0. The fourth-order valence-electron chi connectivity index (χ4n) is 2.45. The fraction of sp³-hybridized carbons (Fsp3) is 1.00. The summed E-state index contributed by atoms with van der Waals surface area (Å²) in [5.41, 5.74) is 0.369. The van der Waals surface area contributed by atoms with Gasteiger partial charge in [0.05, 0.1) is 0 Å². The standard InChI is InChI=1S/C14H29N/c1-14(2,3)15-12-10-8-6-4-5-7-9-11-13-15/h4-13H2,1-3H3. The van der Waals surface area contributed by atoms with Crippen LogP contribution in [0.5, 0.6) is 0 Å². The van der Waals surface area contributed by atoms with Crippen molar-refractivity contribution in [2.75, 3.05) is 13.1 Å². The van der Waals surface area contributed by atoms with Crippen molar-refractivity contribution in [3.63, 3.8) is 0 Å². The average molecular weight is 211 g/mol. The molecule has 0 bridgehead atoms. The molecular weight excluding hydrogens is 182 g/mol. The molecule has 0 radical (unpaired) electrons. The Morgan fingerprint density at radius 3 is 1.27 bits per heavy atom. The Balaban J connectivity index is 2.39. The monoisotopic (exact) mass is 211 g/mol. The third-order valence-electron chi connectivity index (χ3n) is 3.55. The Morgan fingerprint density at radius 1 is 0.600 bits per heavy atom. The summed E-state index contributed by atoms with van der Waals surface area (Å²) in [6.45, 7) is 9.68. The van der Waals surface area contributed by atoms with Crippen molar-refractivity contribution in [2.45, 2.75) is 77.7 Å². The molecule has 1 heterocycles. The summed E-state index contributed by atoms with van der Waals surface area (Å²) in [4.78, 5) is 2.68. The van der Waals surface area contributed by atoms with Crippen molar-refractivity contribution in [1.29, 1.82) is 0 Å². The molecule has 15 heavy (non-hydrogen) atoms. The minimum atomic E-state index is 0.369. The van der Waals surface area contributed by atoms with Gasteiger partial charge in [-0.15, -0.1) is 0 Å². The van der Waals surface area contributed by atoms with E-state index >= 15 is 0 Å². The van der Waals surface area contributed by atoms with Gasteiger partial charge in [0, 0.05) is 5.54 Å². The predicted molar refractivity (Wildman–Crippen MR) is 68.3 cm³/mol. The van der Waals surface area contributed by atoms with Gasteiger partial charge in [0.25, 0.3) is 0 Å². The lowest BCUT2D eigenvalue weighted by Gasteiger charge is -2.35. The lowest BCUT2D eigenvalue weighted by Crippen LogP contribution is -2.42. The molecule has 0 aromatic rings. The van der Waals surface area contributed by atoms with Gasteiger partial charge in [-0.3, -0.25) is 4.90 Å². The SMILES string of the molecule is CC(C)(C)N1CCCCCCCCCC1. The molecule has 0 saturated carbocycles. The van der Waals surface area contributed by atoms with E-state index in [4.69, 9.17) is 0 Å². The highest BCUT2D eigenvalue weighted by atomic mass is 15.2. The topological polar surface area (TPSA) is 3.24 Å². The quantitative estimate of drug-likeness (QED) is 0.580. The summed E-state index contributed by atoms with van der Waals surface area (Å²) in [5, 5.41) is 0. The zero-order valence-electron chi connectivity index (χ0n) is 11.0. The number of rotatable bonds is 0. The molecule has 1 fully saturated rings. The molecule has 0 amide bonds. The van der Waals surface area contributed by atoms with E-state index in [0.717, 1.165) is 0 Å². The predicted octanol–water partition coefficient (Wildman–Crippen LogP) is 4.22. The zero-order valence-corrected chi connectivity index (χ0v) is 11.0. The summed E-state index contributed by atoms with van der Waals surface area (Å²) in [7, 11) is 0. The van der Waals surface area contributed by atoms with Gasteiger partial charge in [0.1, 0.15) is 0 Å². The van der Waals surface area contributed by atoms with Crippen LogP contribution in [-0.4, -0.2) is 23.5 Å². The minimum Gasteiger partial charge on any atom is -0.298 e. The molecule has 0 N–H and O–H groups in total. The first-order valence-electron chi connectivity index (χ1n) is 6.86. The van der Waals surface area contributed by atoms with Gasteiger partial charge in [-0.25, -0.2) is 0 Å². The van der Waals surface area contributed by atoms with Crippen LogP contribution < -0.4 is 0 Å². The number of hydrogen-bond donors (Lipinski definition) is 0. The first-order chi connectivity index (χ1) is 7.11. The molecule has 1 aliphatic rings. The highest BCUT2D eigenvalue weighted by molar-refractivity contribution is 4.76. The molecular formula is C14H29N. The highest BCUT2D eigenvalue weighted by Crippen LogP contribution is 2.18. The smallest absolute Gasteiger partial charge is 0.0125 e. The van der Waals surface area contributed by atoms with E-state index < -0.39 is 0 Å². The van der Waals surface area contributed by atoms with Crippen molar-refractivity contribution < 1.29 is 0 Å². The van der Waals surface area contributed by atoms with Crippen molar-refractivity contribution in [1.82, 2.24) is 4.90 Å². The van der Waals surface area contributed by atoms with E-state index in [1.807, 2.05) is 0 Å². The molecule has 0 aromatic heterocycles. The zero-order chi connectivity index (χ0) is 11.1. The average Bonchev–Trinajstić information content (AvgIpc) is 2.20. The summed E-state index contributed by atoms with van der Waals surface area (Å²) >= 11 is 0. The molecule has 1 heteroatoms. The Hall–Kier alpha value is -0.0400. The van der Waals surface area contributed by atoms with E-state index in [-0.39, 0.29) is 0 Å². The second kappa shape index (κ2) is 6.52. The maximum absolute atomic E-state index is 2.68. The van der Waals surface area contributed by atoms with Gasteiger partial charge in [-0.05, 0) is 46.7 Å². The second-order valence-corrected chi connectivity index (χ2v) is 5.99. The van der Waals surface area contributed by atoms with Gasteiger partial charge in [-0.1, -0.05) is 38.5 Å². The number of hydrogen-bond acceptors (Lipinski definition) is 1. The molecule has 1 saturated heterocycles. The molecule has 0 unspecified atom stereocenters. The van der Waals surface area contributed by atoms with E-state index in [2.05, 4.69) is 25.7 Å². The summed E-state index contributed by atoms with van der Waals surface area (Å²) in [6, 6.07) is 0. The maximum Gasteiger partial charge on any atom is 0.0125 e. The van der Waals surface area contributed by atoms with Crippen LogP contribution in [0.3, 0.4) is 0 Å². The maximum atomic E-state index is 2.68. The fourth-order valence-corrected chi connectivity index (χ4v) is 2.45. The highest BCUT2D eigenvalue weighted by Gasteiger charge is 2.20. The van der Waals surface area contributed by atoms with Gasteiger partial charge in [-0.2, -0.15) is 0 Å². The third-order valence-corrected chi connectivity index (χ3v) is 3.55. The third kappa shape index (κ3) is 5.55.